The monoisotopic (exact) mass is 368 g/mol. The van der Waals surface area contributed by atoms with Crippen LogP contribution in [0.3, 0.4) is 0 Å². The Labute approximate surface area is 151 Å². The molecule has 1 heterocycles. The first-order valence-corrected chi connectivity index (χ1v) is 8.39. The Morgan fingerprint density at radius 3 is 2.80 bits per heavy atom. The topological polar surface area (TPSA) is 84.9 Å². The summed E-state index contributed by atoms with van der Waals surface area (Å²) in [4.78, 5) is 37.6. The van der Waals surface area contributed by atoms with Crippen molar-refractivity contribution in [1.29, 1.82) is 0 Å². The molecule has 1 aromatic carbocycles. The van der Waals surface area contributed by atoms with Gasteiger partial charge in [0.05, 0.1) is 22.9 Å². The first-order valence-electron chi connectivity index (χ1n) is 8.01. The van der Waals surface area contributed by atoms with Crippen molar-refractivity contribution in [3.05, 3.63) is 28.8 Å². The Morgan fingerprint density at radius 2 is 2.16 bits per heavy atom. The Morgan fingerprint density at radius 1 is 1.40 bits per heavy atom. The average molecular weight is 369 g/mol. The maximum atomic E-state index is 12.3. The number of nitrogens with one attached hydrogen (secondary N) is 1. The third-order valence-electron chi connectivity index (χ3n) is 3.80. The fraction of sp³-hybridized carbons (Fsp3) is 0.471. The van der Waals surface area contributed by atoms with Crippen molar-refractivity contribution in [2.24, 2.45) is 0 Å². The van der Waals surface area contributed by atoms with Crippen LogP contribution in [-0.2, 0) is 19.1 Å². The summed E-state index contributed by atoms with van der Waals surface area (Å²) >= 11 is 6.15. The number of carbonyl (C=O) groups is 3. The minimum atomic E-state index is -0.947. The fourth-order valence-electron chi connectivity index (χ4n) is 2.45. The number of ether oxygens (including phenoxy) is 2. The number of hydrogen-bond donors (Lipinski definition) is 1. The van der Waals surface area contributed by atoms with Crippen molar-refractivity contribution in [2.75, 3.05) is 31.7 Å². The largest absolute Gasteiger partial charge is 0.449 e. The first-order chi connectivity index (χ1) is 11.9. The average Bonchev–Trinajstić information content (AvgIpc) is 3.01. The van der Waals surface area contributed by atoms with Crippen LogP contribution in [0.1, 0.15) is 30.1 Å². The van der Waals surface area contributed by atoms with E-state index in [0.717, 1.165) is 6.42 Å². The first kappa shape index (κ1) is 19.2. The molecule has 7 nitrogen and oxygen atoms in total. The van der Waals surface area contributed by atoms with Gasteiger partial charge in [0.15, 0.2) is 6.10 Å². The van der Waals surface area contributed by atoms with Gasteiger partial charge in [0.2, 0.25) is 5.91 Å². The summed E-state index contributed by atoms with van der Waals surface area (Å²) in [6.45, 7) is 2.76. The quantitative estimate of drug-likeness (QED) is 0.585. The van der Waals surface area contributed by atoms with Crippen LogP contribution in [0.25, 0.3) is 0 Å². The van der Waals surface area contributed by atoms with E-state index in [0.29, 0.717) is 36.8 Å². The number of anilines is 1. The molecule has 0 saturated carbocycles. The summed E-state index contributed by atoms with van der Waals surface area (Å²) in [5, 5.41) is 2.98. The Kier molecular flexibility index (Phi) is 6.78. The predicted molar refractivity (Wildman–Crippen MR) is 92.8 cm³/mol. The lowest BCUT2D eigenvalue weighted by atomic mass is 10.2. The number of benzene rings is 1. The van der Waals surface area contributed by atoms with Crippen LogP contribution in [0.2, 0.25) is 5.02 Å². The van der Waals surface area contributed by atoms with E-state index in [-0.39, 0.29) is 11.5 Å². The zero-order valence-corrected chi connectivity index (χ0v) is 15.0. The number of rotatable bonds is 7. The van der Waals surface area contributed by atoms with E-state index < -0.39 is 18.0 Å². The summed E-state index contributed by atoms with van der Waals surface area (Å²) < 4.78 is 10.0. The van der Waals surface area contributed by atoms with Crippen LogP contribution in [0.15, 0.2) is 18.2 Å². The minimum Gasteiger partial charge on any atom is -0.449 e. The van der Waals surface area contributed by atoms with Crippen molar-refractivity contribution < 1.29 is 23.9 Å². The summed E-state index contributed by atoms with van der Waals surface area (Å²) in [5.41, 5.74) is 0.714. The maximum absolute atomic E-state index is 12.3. The van der Waals surface area contributed by atoms with Gasteiger partial charge < -0.3 is 19.7 Å². The van der Waals surface area contributed by atoms with E-state index in [9.17, 15) is 14.4 Å². The Bertz CT molecular complexity index is 664. The molecule has 0 aliphatic carbocycles. The van der Waals surface area contributed by atoms with E-state index in [1.165, 1.54) is 26.2 Å². The van der Waals surface area contributed by atoms with Crippen molar-refractivity contribution in [3.8, 4) is 0 Å². The van der Waals surface area contributed by atoms with Gasteiger partial charge in [0.1, 0.15) is 0 Å². The fourth-order valence-corrected chi connectivity index (χ4v) is 2.67. The van der Waals surface area contributed by atoms with Gasteiger partial charge >= 0.3 is 5.97 Å². The van der Waals surface area contributed by atoms with Gasteiger partial charge in [-0.05, 0) is 31.5 Å². The zero-order valence-electron chi connectivity index (χ0n) is 14.2. The summed E-state index contributed by atoms with van der Waals surface area (Å²) in [5.74, 6) is -1.09. The molecule has 2 amide bonds. The van der Waals surface area contributed by atoms with Gasteiger partial charge in [-0.25, -0.2) is 4.79 Å². The van der Waals surface area contributed by atoms with E-state index >= 15 is 0 Å². The van der Waals surface area contributed by atoms with E-state index in [1.807, 2.05) is 0 Å². The van der Waals surface area contributed by atoms with E-state index in [4.69, 9.17) is 21.1 Å². The number of carbonyl (C=O) groups excluding carboxylic acids is 3. The second kappa shape index (κ2) is 8.82. The molecule has 1 atom stereocenters. The van der Waals surface area contributed by atoms with Crippen molar-refractivity contribution in [1.82, 2.24) is 5.32 Å². The molecule has 0 unspecified atom stereocenters. The summed E-state index contributed by atoms with van der Waals surface area (Å²) in [6, 6.07) is 4.57. The zero-order chi connectivity index (χ0) is 18.4. The van der Waals surface area contributed by atoms with Gasteiger partial charge in [0, 0.05) is 26.6 Å². The van der Waals surface area contributed by atoms with Gasteiger partial charge in [-0.3, -0.25) is 9.59 Å². The molecule has 25 heavy (non-hydrogen) atoms. The van der Waals surface area contributed by atoms with E-state index in [1.54, 1.807) is 11.0 Å². The molecule has 0 radical (unpaired) electrons. The molecule has 1 aromatic rings. The standard InChI is InChI=1S/C17H21ClN2O5/c1-11(16(22)19-7-9-24-2)25-17(23)12-5-6-13(18)14(10-12)20-8-3-4-15(20)21/h5-6,10-11H,3-4,7-9H2,1-2H3,(H,19,22)/t11-/m0/s1. The molecule has 1 saturated heterocycles. The number of hydrogen-bond acceptors (Lipinski definition) is 5. The second-order valence-corrected chi connectivity index (χ2v) is 6.05. The summed E-state index contributed by atoms with van der Waals surface area (Å²) in [7, 11) is 1.53. The molecule has 1 N–H and O–H groups in total. The molecule has 0 aromatic heterocycles. The smallest absolute Gasteiger partial charge is 0.338 e. The SMILES string of the molecule is COCCNC(=O)[C@H](C)OC(=O)c1ccc(Cl)c(N2CCCC2=O)c1. The third-order valence-corrected chi connectivity index (χ3v) is 4.12. The molecule has 1 aliphatic rings. The van der Waals surface area contributed by atoms with Crippen molar-refractivity contribution in [2.45, 2.75) is 25.9 Å². The number of halogens is 1. The van der Waals surface area contributed by atoms with Crippen molar-refractivity contribution in [3.63, 3.8) is 0 Å². The number of methoxy groups -OCH3 is 1. The molecule has 136 valence electrons. The molecule has 0 spiro atoms. The molecule has 8 heteroatoms. The lowest BCUT2D eigenvalue weighted by Crippen LogP contribution is -2.37. The molecular formula is C17H21ClN2O5. The van der Waals surface area contributed by atoms with Crippen LogP contribution in [0, 0.1) is 0 Å². The number of nitrogens with zero attached hydrogens (tertiary/aromatic N) is 1. The van der Waals surface area contributed by atoms with Crippen LogP contribution < -0.4 is 10.2 Å². The van der Waals surface area contributed by atoms with Crippen LogP contribution >= 0.6 is 11.6 Å². The highest BCUT2D eigenvalue weighted by atomic mass is 35.5. The van der Waals surface area contributed by atoms with Crippen LogP contribution in [0.5, 0.6) is 0 Å². The normalized spacial score (nSPS) is 15.2. The second-order valence-electron chi connectivity index (χ2n) is 5.65. The molecular weight excluding hydrogens is 348 g/mol. The predicted octanol–water partition coefficient (Wildman–Crippen LogP) is 1.77. The lowest BCUT2D eigenvalue weighted by Gasteiger charge is -2.18. The maximum Gasteiger partial charge on any atom is 0.338 e. The highest BCUT2D eigenvalue weighted by Gasteiger charge is 2.25. The van der Waals surface area contributed by atoms with Crippen LogP contribution in [-0.4, -0.2) is 50.7 Å². The Balaban J connectivity index is 2.04. The summed E-state index contributed by atoms with van der Waals surface area (Å²) in [6.07, 6.45) is 0.267. The highest BCUT2D eigenvalue weighted by Crippen LogP contribution is 2.30. The van der Waals surface area contributed by atoms with E-state index in [2.05, 4.69) is 5.32 Å². The van der Waals surface area contributed by atoms with Gasteiger partial charge in [-0.15, -0.1) is 0 Å². The molecule has 2 rings (SSSR count). The van der Waals surface area contributed by atoms with Crippen molar-refractivity contribution >= 4 is 35.1 Å². The van der Waals surface area contributed by atoms with Gasteiger partial charge in [-0.1, -0.05) is 11.6 Å². The van der Waals surface area contributed by atoms with Crippen LogP contribution in [0.4, 0.5) is 5.69 Å². The molecule has 0 bridgehead atoms. The van der Waals surface area contributed by atoms with Gasteiger partial charge in [0.25, 0.3) is 5.91 Å². The minimum absolute atomic E-state index is 0.0293. The Hall–Kier alpha value is -2.12. The highest BCUT2D eigenvalue weighted by molar-refractivity contribution is 6.34. The lowest BCUT2D eigenvalue weighted by molar-refractivity contribution is -0.129. The van der Waals surface area contributed by atoms with Gasteiger partial charge in [-0.2, -0.15) is 0 Å². The third kappa shape index (κ3) is 4.93. The molecule has 1 aliphatic heterocycles. The molecule has 1 fully saturated rings. The number of amides is 2. The number of esters is 1.